The maximum atomic E-state index is 12.1. The number of rotatable bonds is 3. The number of amides is 1. The van der Waals surface area contributed by atoms with Gasteiger partial charge >= 0.3 is 0 Å². The van der Waals surface area contributed by atoms with E-state index in [1.165, 1.54) is 25.5 Å². The Kier molecular flexibility index (Phi) is 3.81. The van der Waals surface area contributed by atoms with Gasteiger partial charge in [0.15, 0.2) is 5.69 Å². The highest BCUT2D eigenvalue weighted by Crippen LogP contribution is 2.20. The van der Waals surface area contributed by atoms with Gasteiger partial charge in [-0.15, -0.1) is 0 Å². The van der Waals surface area contributed by atoms with Crippen LogP contribution in [0.15, 0.2) is 41.0 Å². The van der Waals surface area contributed by atoms with Gasteiger partial charge < -0.3 is 9.73 Å². The zero-order valence-corrected chi connectivity index (χ0v) is 11.3. The van der Waals surface area contributed by atoms with Gasteiger partial charge in [-0.25, -0.2) is 4.98 Å². The Labute approximate surface area is 118 Å². The Hall–Kier alpha value is -2.10. The summed E-state index contributed by atoms with van der Waals surface area (Å²) >= 11 is 0. The van der Waals surface area contributed by atoms with Crippen molar-refractivity contribution in [2.45, 2.75) is 38.1 Å². The quantitative estimate of drug-likeness (QED) is 0.930. The molecule has 1 fully saturated rings. The van der Waals surface area contributed by atoms with Crippen molar-refractivity contribution in [2.24, 2.45) is 0 Å². The summed E-state index contributed by atoms with van der Waals surface area (Å²) in [6.45, 7) is 0. The average Bonchev–Trinajstić information content (AvgIpc) is 2.99. The van der Waals surface area contributed by atoms with Crippen LogP contribution in [0.1, 0.15) is 42.6 Å². The lowest BCUT2D eigenvalue weighted by Crippen LogP contribution is -2.36. The predicted molar refractivity (Wildman–Crippen MR) is 76.3 cm³/mol. The number of carbonyl (C=O) groups excluding carboxylic acids is 1. The molecule has 20 heavy (non-hydrogen) atoms. The molecular formula is C16H18N2O2. The molecule has 0 bridgehead atoms. The van der Waals surface area contributed by atoms with E-state index in [0.717, 1.165) is 18.4 Å². The van der Waals surface area contributed by atoms with Crippen molar-refractivity contribution in [3.8, 4) is 11.5 Å². The number of oxazole rings is 1. The summed E-state index contributed by atoms with van der Waals surface area (Å²) in [5.41, 5.74) is 1.23. The van der Waals surface area contributed by atoms with Crippen molar-refractivity contribution in [2.75, 3.05) is 0 Å². The number of nitrogens with zero attached hydrogens (tertiary/aromatic N) is 1. The lowest BCUT2D eigenvalue weighted by Gasteiger charge is -2.22. The van der Waals surface area contributed by atoms with Gasteiger partial charge in [-0.3, -0.25) is 4.79 Å². The highest BCUT2D eigenvalue weighted by molar-refractivity contribution is 5.92. The van der Waals surface area contributed by atoms with Crippen LogP contribution in [0.3, 0.4) is 0 Å². The summed E-state index contributed by atoms with van der Waals surface area (Å²) < 4.78 is 5.39. The van der Waals surface area contributed by atoms with E-state index in [2.05, 4.69) is 10.3 Å². The van der Waals surface area contributed by atoms with E-state index in [9.17, 15) is 4.79 Å². The Morgan fingerprint density at radius 2 is 1.90 bits per heavy atom. The number of aromatic nitrogens is 1. The highest BCUT2D eigenvalue weighted by Gasteiger charge is 2.19. The molecule has 0 unspecified atom stereocenters. The highest BCUT2D eigenvalue weighted by atomic mass is 16.3. The van der Waals surface area contributed by atoms with Gasteiger partial charge in [0, 0.05) is 11.6 Å². The molecule has 1 aliphatic rings. The fourth-order valence-electron chi connectivity index (χ4n) is 2.60. The normalized spacial score (nSPS) is 16.0. The second kappa shape index (κ2) is 5.90. The van der Waals surface area contributed by atoms with Crippen molar-refractivity contribution < 1.29 is 9.21 Å². The SMILES string of the molecule is O=C(NC1CCCCC1)c1coc(-c2ccccc2)n1. The molecule has 0 aliphatic heterocycles. The number of hydrogen-bond donors (Lipinski definition) is 1. The van der Waals surface area contributed by atoms with Crippen LogP contribution in [0.25, 0.3) is 11.5 Å². The number of hydrogen-bond acceptors (Lipinski definition) is 3. The molecule has 2 aromatic rings. The molecule has 1 N–H and O–H groups in total. The number of benzene rings is 1. The van der Waals surface area contributed by atoms with Crippen molar-refractivity contribution in [3.63, 3.8) is 0 Å². The van der Waals surface area contributed by atoms with Crippen LogP contribution in [0, 0.1) is 0 Å². The summed E-state index contributed by atoms with van der Waals surface area (Å²) in [4.78, 5) is 16.4. The molecule has 1 aromatic heterocycles. The lowest BCUT2D eigenvalue weighted by atomic mass is 9.95. The predicted octanol–water partition coefficient (Wildman–Crippen LogP) is 3.40. The van der Waals surface area contributed by atoms with Gasteiger partial charge in [0.25, 0.3) is 5.91 Å². The molecule has 4 nitrogen and oxygen atoms in total. The molecule has 3 rings (SSSR count). The minimum atomic E-state index is -0.136. The topological polar surface area (TPSA) is 55.1 Å². The minimum absolute atomic E-state index is 0.136. The Bertz CT molecular complexity index is 571. The maximum Gasteiger partial charge on any atom is 0.273 e. The second-order valence-electron chi connectivity index (χ2n) is 5.21. The van der Waals surface area contributed by atoms with Crippen LogP contribution in [0.5, 0.6) is 0 Å². The molecule has 1 aromatic carbocycles. The largest absolute Gasteiger partial charge is 0.444 e. The first-order chi connectivity index (χ1) is 9.83. The first kappa shape index (κ1) is 12.9. The Morgan fingerprint density at radius 3 is 2.65 bits per heavy atom. The molecule has 1 saturated carbocycles. The monoisotopic (exact) mass is 270 g/mol. The molecule has 1 heterocycles. The number of carbonyl (C=O) groups is 1. The van der Waals surface area contributed by atoms with E-state index in [1.54, 1.807) is 0 Å². The molecule has 0 spiro atoms. The summed E-state index contributed by atoms with van der Waals surface area (Å²) in [6, 6.07) is 9.88. The zero-order valence-electron chi connectivity index (χ0n) is 11.3. The van der Waals surface area contributed by atoms with Crippen LogP contribution >= 0.6 is 0 Å². The average molecular weight is 270 g/mol. The summed E-state index contributed by atoms with van der Waals surface area (Å²) in [5, 5.41) is 3.04. The van der Waals surface area contributed by atoms with Crippen LogP contribution in [0.2, 0.25) is 0 Å². The van der Waals surface area contributed by atoms with E-state index >= 15 is 0 Å². The molecule has 0 atom stereocenters. The molecular weight excluding hydrogens is 252 g/mol. The molecule has 104 valence electrons. The van der Waals surface area contributed by atoms with Crippen molar-refractivity contribution in [1.29, 1.82) is 0 Å². The smallest absolute Gasteiger partial charge is 0.273 e. The summed E-state index contributed by atoms with van der Waals surface area (Å²) in [7, 11) is 0. The third-order valence-electron chi connectivity index (χ3n) is 3.70. The fourth-order valence-corrected chi connectivity index (χ4v) is 2.60. The van der Waals surface area contributed by atoms with Crippen molar-refractivity contribution >= 4 is 5.91 Å². The molecule has 0 saturated heterocycles. The van der Waals surface area contributed by atoms with E-state index in [-0.39, 0.29) is 11.9 Å². The zero-order chi connectivity index (χ0) is 13.8. The number of nitrogens with one attached hydrogen (secondary N) is 1. The summed E-state index contributed by atoms with van der Waals surface area (Å²) in [5.74, 6) is 0.349. The van der Waals surface area contributed by atoms with Gasteiger partial charge in [-0.2, -0.15) is 0 Å². The molecule has 4 heteroatoms. The van der Waals surface area contributed by atoms with Gasteiger partial charge in [0.1, 0.15) is 6.26 Å². The van der Waals surface area contributed by atoms with Crippen LogP contribution in [-0.4, -0.2) is 16.9 Å². The van der Waals surface area contributed by atoms with E-state index in [0.29, 0.717) is 11.6 Å². The summed E-state index contributed by atoms with van der Waals surface area (Å²) in [6.07, 6.45) is 7.22. The van der Waals surface area contributed by atoms with E-state index in [4.69, 9.17) is 4.42 Å². The maximum absolute atomic E-state index is 12.1. The fraction of sp³-hybridized carbons (Fsp3) is 0.375. The Balaban J connectivity index is 1.68. The van der Waals surface area contributed by atoms with Gasteiger partial charge in [-0.05, 0) is 25.0 Å². The molecule has 1 amide bonds. The van der Waals surface area contributed by atoms with Gasteiger partial charge in [-0.1, -0.05) is 37.5 Å². The van der Waals surface area contributed by atoms with Crippen LogP contribution < -0.4 is 5.32 Å². The third kappa shape index (κ3) is 2.90. The van der Waals surface area contributed by atoms with E-state index < -0.39 is 0 Å². The van der Waals surface area contributed by atoms with Crippen molar-refractivity contribution in [1.82, 2.24) is 10.3 Å². The van der Waals surface area contributed by atoms with Crippen molar-refractivity contribution in [3.05, 3.63) is 42.3 Å². The molecule has 1 aliphatic carbocycles. The standard InChI is InChI=1S/C16H18N2O2/c19-15(17-13-9-5-2-6-10-13)14-11-20-16(18-14)12-7-3-1-4-8-12/h1,3-4,7-8,11,13H,2,5-6,9-10H2,(H,17,19). The van der Waals surface area contributed by atoms with Gasteiger partial charge in [0.05, 0.1) is 0 Å². The van der Waals surface area contributed by atoms with Crippen LogP contribution in [-0.2, 0) is 0 Å². The first-order valence-corrected chi connectivity index (χ1v) is 7.15. The van der Waals surface area contributed by atoms with Gasteiger partial charge in [0.2, 0.25) is 5.89 Å². The second-order valence-corrected chi connectivity index (χ2v) is 5.21. The minimum Gasteiger partial charge on any atom is -0.444 e. The lowest BCUT2D eigenvalue weighted by molar-refractivity contribution is 0.0922. The Morgan fingerprint density at radius 1 is 1.15 bits per heavy atom. The first-order valence-electron chi connectivity index (χ1n) is 7.15. The van der Waals surface area contributed by atoms with E-state index in [1.807, 2.05) is 30.3 Å². The van der Waals surface area contributed by atoms with Crippen LogP contribution in [0.4, 0.5) is 0 Å². The molecule has 0 radical (unpaired) electrons. The third-order valence-corrected chi connectivity index (χ3v) is 3.70.